The molecule has 0 aliphatic carbocycles. The summed E-state index contributed by atoms with van der Waals surface area (Å²) in [6, 6.07) is 5.25. The highest BCUT2D eigenvalue weighted by Gasteiger charge is 2.05. The molecule has 1 unspecified atom stereocenters. The Hall–Kier alpha value is -1.09. The number of rotatable bonds is 6. The van der Waals surface area contributed by atoms with E-state index in [1.165, 1.54) is 0 Å². The Morgan fingerprint density at radius 2 is 2.06 bits per heavy atom. The summed E-state index contributed by atoms with van der Waals surface area (Å²) in [5, 5.41) is 3.38. The average Bonchev–Trinajstić information content (AvgIpc) is 2.26. The van der Waals surface area contributed by atoms with Crippen LogP contribution in [0.25, 0.3) is 0 Å². The van der Waals surface area contributed by atoms with E-state index >= 15 is 0 Å². The van der Waals surface area contributed by atoms with Gasteiger partial charge in [0.25, 0.3) is 5.56 Å². The van der Waals surface area contributed by atoms with E-state index in [4.69, 9.17) is 0 Å². The molecule has 1 rings (SSSR count). The normalized spacial score (nSPS) is 13.0. The number of pyridine rings is 1. The largest absolute Gasteiger partial charge is 0.315 e. The van der Waals surface area contributed by atoms with Crippen molar-refractivity contribution in [1.82, 2.24) is 9.88 Å². The summed E-state index contributed by atoms with van der Waals surface area (Å²) >= 11 is 0. The van der Waals surface area contributed by atoms with Crippen LogP contribution in [0, 0.1) is 11.8 Å². The van der Waals surface area contributed by atoms with Gasteiger partial charge in [0.05, 0.1) is 0 Å². The van der Waals surface area contributed by atoms with Crippen molar-refractivity contribution in [3.63, 3.8) is 0 Å². The zero-order chi connectivity index (χ0) is 12.0. The zero-order valence-electron chi connectivity index (χ0n) is 10.4. The third kappa shape index (κ3) is 4.19. The van der Waals surface area contributed by atoms with Gasteiger partial charge in [-0.25, -0.2) is 0 Å². The lowest BCUT2D eigenvalue weighted by Gasteiger charge is -2.16. The second-order valence-corrected chi connectivity index (χ2v) is 4.66. The van der Waals surface area contributed by atoms with E-state index < -0.39 is 0 Å². The van der Waals surface area contributed by atoms with Crippen LogP contribution in [0.3, 0.4) is 0 Å². The second-order valence-electron chi connectivity index (χ2n) is 4.66. The maximum atomic E-state index is 11.4. The fraction of sp³-hybridized carbons (Fsp3) is 0.615. The van der Waals surface area contributed by atoms with Gasteiger partial charge in [0.1, 0.15) is 0 Å². The summed E-state index contributed by atoms with van der Waals surface area (Å²) < 4.78 is 1.73. The second kappa shape index (κ2) is 6.48. The van der Waals surface area contributed by atoms with Crippen molar-refractivity contribution in [2.75, 3.05) is 13.1 Å². The third-order valence-electron chi connectivity index (χ3n) is 3.03. The van der Waals surface area contributed by atoms with Gasteiger partial charge >= 0.3 is 0 Å². The summed E-state index contributed by atoms with van der Waals surface area (Å²) in [7, 11) is 0. The summed E-state index contributed by atoms with van der Waals surface area (Å²) in [6.45, 7) is 9.30. The third-order valence-corrected chi connectivity index (χ3v) is 3.03. The molecule has 0 amide bonds. The maximum absolute atomic E-state index is 11.4. The Bertz CT molecular complexity index is 357. The topological polar surface area (TPSA) is 34.0 Å². The van der Waals surface area contributed by atoms with E-state index in [0.29, 0.717) is 11.8 Å². The molecular weight excluding hydrogens is 200 g/mol. The number of hydrogen-bond donors (Lipinski definition) is 1. The van der Waals surface area contributed by atoms with Gasteiger partial charge in [-0.2, -0.15) is 0 Å². The highest BCUT2D eigenvalue weighted by Crippen LogP contribution is 2.07. The molecule has 0 saturated carbocycles. The number of hydrogen-bond acceptors (Lipinski definition) is 2. The van der Waals surface area contributed by atoms with E-state index in [-0.39, 0.29) is 5.56 Å². The lowest BCUT2D eigenvalue weighted by atomic mass is 9.98. The lowest BCUT2D eigenvalue weighted by molar-refractivity contribution is 0.388. The molecule has 0 aliphatic rings. The van der Waals surface area contributed by atoms with Crippen LogP contribution in [0.4, 0.5) is 0 Å². The smallest absolute Gasteiger partial charge is 0.250 e. The molecule has 3 nitrogen and oxygen atoms in total. The van der Waals surface area contributed by atoms with Crippen molar-refractivity contribution in [2.24, 2.45) is 11.8 Å². The molecule has 0 aliphatic heterocycles. The quantitative estimate of drug-likeness (QED) is 0.744. The first-order valence-corrected chi connectivity index (χ1v) is 5.97. The average molecular weight is 222 g/mol. The van der Waals surface area contributed by atoms with Crippen LogP contribution in [0.1, 0.15) is 20.8 Å². The van der Waals surface area contributed by atoms with E-state index in [1.807, 2.05) is 12.3 Å². The summed E-state index contributed by atoms with van der Waals surface area (Å²) in [5.74, 6) is 1.37. The predicted molar refractivity (Wildman–Crippen MR) is 67.6 cm³/mol. The van der Waals surface area contributed by atoms with Crippen molar-refractivity contribution < 1.29 is 0 Å². The van der Waals surface area contributed by atoms with Gasteiger partial charge in [-0.05, 0) is 24.4 Å². The van der Waals surface area contributed by atoms with Crippen molar-refractivity contribution in [3.8, 4) is 0 Å². The van der Waals surface area contributed by atoms with Crippen LogP contribution >= 0.6 is 0 Å². The Morgan fingerprint density at radius 3 is 2.69 bits per heavy atom. The molecule has 0 saturated heterocycles. The van der Waals surface area contributed by atoms with Crippen molar-refractivity contribution >= 4 is 0 Å². The van der Waals surface area contributed by atoms with Gasteiger partial charge < -0.3 is 9.88 Å². The zero-order valence-corrected chi connectivity index (χ0v) is 10.4. The molecule has 1 aromatic rings. The van der Waals surface area contributed by atoms with E-state index in [9.17, 15) is 4.79 Å². The summed E-state index contributed by atoms with van der Waals surface area (Å²) in [4.78, 5) is 11.4. The van der Waals surface area contributed by atoms with E-state index in [0.717, 1.165) is 19.6 Å². The molecule has 0 aromatic carbocycles. The molecule has 3 heteroatoms. The van der Waals surface area contributed by atoms with Crippen molar-refractivity contribution in [3.05, 3.63) is 34.7 Å². The molecule has 90 valence electrons. The first kappa shape index (κ1) is 13.0. The summed E-state index contributed by atoms with van der Waals surface area (Å²) in [6.07, 6.45) is 1.83. The van der Waals surface area contributed by atoms with Crippen molar-refractivity contribution in [1.29, 1.82) is 0 Å². The SMILES string of the molecule is CC(C)C(C)CNCCn1ccccc1=O. The van der Waals surface area contributed by atoms with Gasteiger partial charge in [0, 0.05) is 25.4 Å². The minimum atomic E-state index is 0.0706. The van der Waals surface area contributed by atoms with Crippen LogP contribution in [0.2, 0.25) is 0 Å². The standard InChI is InChI=1S/C13H22N2O/c1-11(2)12(3)10-14-7-9-15-8-5-4-6-13(15)16/h4-6,8,11-12,14H,7,9-10H2,1-3H3. The predicted octanol–water partition coefficient (Wildman–Crippen LogP) is 1.73. The fourth-order valence-electron chi connectivity index (χ4n) is 1.41. The van der Waals surface area contributed by atoms with E-state index in [1.54, 1.807) is 16.7 Å². The first-order valence-electron chi connectivity index (χ1n) is 5.97. The molecular formula is C13H22N2O. The van der Waals surface area contributed by atoms with Gasteiger partial charge in [0.2, 0.25) is 0 Å². The first-order chi connectivity index (χ1) is 7.61. The molecule has 1 atom stereocenters. The van der Waals surface area contributed by atoms with Crippen molar-refractivity contribution in [2.45, 2.75) is 27.3 Å². The molecule has 0 radical (unpaired) electrons. The molecule has 1 heterocycles. The minimum absolute atomic E-state index is 0.0706. The van der Waals surface area contributed by atoms with E-state index in [2.05, 4.69) is 26.1 Å². The van der Waals surface area contributed by atoms with Gasteiger partial charge in [-0.15, -0.1) is 0 Å². The van der Waals surface area contributed by atoms with Crippen LogP contribution in [0.5, 0.6) is 0 Å². The maximum Gasteiger partial charge on any atom is 0.250 e. The molecule has 1 aromatic heterocycles. The molecule has 1 N–H and O–H groups in total. The molecule has 0 spiro atoms. The Labute approximate surface area is 97.5 Å². The Balaban J connectivity index is 2.27. The highest BCUT2D eigenvalue weighted by molar-refractivity contribution is 4.93. The lowest BCUT2D eigenvalue weighted by Crippen LogP contribution is -2.30. The number of aromatic nitrogens is 1. The highest BCUT2D eigenvalue weighted by atomic mass is 16.1. The van der Waals surface area contributed by atoms with Gasteiger partial charge in [-0.3, -0.25) is 4.79 Å². The van der Waals surface area contributed by atoms with Crippen LogP contribution in [-0.4, -0.2) is 17.7 Å². The summed E-state index contributed by atoms with van der Waals surface area (Å²) in [5.41, 5.74) is 0.0706. The Kier molecular flexibility index (Phi) is 5.26. The number of nitrogens with one attached hydrogen (secondary N) is 1. The fourth-order valence-corrected chi connectivity index (χ4v) is 1.41. The molecule has 0 bridgehead atoms. The monoisotopic (exact) mass is 222 g/mol. The van der Waals surface area contributed by atoms with Crippen LogP contribution in [0.15, 0.2) is 29.2 Å². The van der Waals surface area contributed by atoms with Gasteiger partial charge in [-0.1, -0.05) is 26.8 Å². The van der Waals surface area contributed by atoms with Gasteiger partial charge in [0.15, 0.2) is 0 Å². The number of nitrogens with zero attached hydrogens (tertiary/aromatic N) is 1. The molecule has 0 fully saturated rings. The molecule has 16 heavy (non-hydrogen) atoms. The van der Waals surface area contributed by atoms with Crippen LogP contribution in [-0.2, 0) is 6.54 Å². The minimum Gasteiger partial charge on any atom is -0.315 e. The Morgan fingerprint density at radius 1 is 1.31 bits per heavy atom. The van der Waals surface area contributed by atoms with Crippen LogP contribution < -0.4 is 10.9 Å².